The highest BCUT2D eigenvalue weighted by Crippen LogP contribution is 2.24. The molecule has 23 heavy (non-hydrogen) atoms. The Morgan fingerprint density at radius 2 is 1.43 bits per heavy atom. The molecule has 0 saturated carbocycles. The van der Waals surface area contributed by atoms with Crippen molar-refractivity contribution in [1.82, 2.24) is 5.32 Å². The summed E-state index contributed by atoms with van der Waals surface area (Å²) in [6, 6.07) is 19.9. The molecular weight excluding hydrogens is 308 g/mol. The number of halogens is 1. The van der Waals surface area contributed by atoms with Gasteiger partial charge in [-0.2, -0.15) is 0 Å². The number of hydrogen-bond acceptors (Lipinski definition) is 2. The number of carbonyl (C=O) groups is 1. The van der Waals surface area contributed by atoms with Crippen molar-refractivity contribution in [3.8, 4) is 0 Å². The Hall–Kier alpha value is -1.84. The van der Waals surface area contributed by atoms with Crippen molar-refractivity contribution in [2.45, 2.75) is 32.4 Å². The molecule has 0 radical (unpaired) electrons. The largest absolute Gasteiger partial charge is 0.368 e. The minimum atomic E-state index is -0.351. The third kappa shape index (κ3) is 5.08. The minimum absolute atomic E-state index is 0. The van der Waals surface area contributed by atoms with Gasteiger partial charge in [0.25, 0.3) is 0 Å². The number of hydrogen-bond donors (Lipinski definition) is 2. The van der Waals surface area contributed by atoms with E-state index in [1.54, 1.807) is 0 Å². The molecule has 0 aliphatic carbocycles. The second-order valence-electron chi connectivity index (χ2n) is 5.69. The standard InChI is InChI=1S/C19H24N2O.ClH/c1-3-14(2)17(19(20)22)21-18(15-10-6-4-7-11-15)16-12-8-5-9-13-16;/h4-14,17-18,21H,3H2,1-2H3,(H2,20,22);1H/t14-,17-;/m0./s1. The first kappa shape index (κ1) is 19.2. The number of carbonyl (C=O) groups excluding carboxylic acids is 1. The molecule has 0 aliphatic heterocycles. The topological polar surface area (TPSA) is 55.1 Å². The van der Waals surface area contributed by atoms with Gasteiger partial charge in [0, 0.05) is 0 Å². The van der Waals surface area contributed by atoms with E-state index in [2.05, 4.69) is 43.4 Å². The lowest BCUT2D eigenvalue weighted by molar-refractivity contribution is -0.121. The van der Waals surface area contributed by atoms with Crippen molar-refractivity contribution in [3.05, 3.63) is 71.8 Å². The van der Waals surface area contributed by atoms with E-state index in [0.717, 1.165) is 17.5 Å². The van der Waals surface area contributed by atoms with Gasteiger partial charge >= 0.3 is 0 Å². The number of rotatable bonds is 7. The zero-order valence-electron chi connectivity index (χ0n) is 13.6. The summed E-state index contributed by atoms with van der Waals surface area (Å²) in [4.78, 5) is 11.9. The zero-order valence-corrected chi connectivity index (χ0v) is 14.4. The van der Waals surface area contributed by atoms with E-state index >= 15 is 0 Å². The maximum atomic E-state index is 11.9. The van der Waals surface area contributed by atoms with Crippen LogP contribution in [0.2, 0.25) is 0 Å². The third-order valence-electron chi connectivity index (χ3n) is 4.13. The summed E-state index contributed by atoms with van der Waals surface area (Å²) < 4.78 is 0. The predicted molar refractivity (Wildman–Crippen MR) is 97.5 cm³/mol. The summed E-state index contributed by atoms with van der Waals surface area (Å²) in [5.41, 5.74) is 7.87. The average Bonchev–Trinajstić information content (AvgIpc) is 2.56. The fraction of sp³-hybridized carbons (Fsp3) is 0.316. The molecule has 1 amide bonds. The van der Waals surface area contributed by atoms with Crippen LogP contribution in [-0.4, -0.2) is 11.9 Å². The van der Waals surface area contributed by atoms with Crippen LogP contribution < -0.4 is 11.1 Å². The van der Waals surface area contributed by atoms with Gasteiger partial charge in [0.05, 0.1) is 12.1 Å². The van der Waals surface area contributed by atoms with Gasteiger partial charge in [-0.3, -0.25) is 10.1 Å². The summed E-state index contributed by atoms with van der Waals surface area (Å²) >= 11 is 0. The molecular formula is C19H25ClN2O. The Bertz CT molecular complexity index is 549. The van der Waals surface area contributed by atoms with Gasteiger partial charge < -0.3 is 5.73 Å². The molecule has 2 aromatic rings. The average molecular weight is 333 g/mol. The molecule has 0 saturated heterocycles. The van der Waals surface area contributed by atoms with Gasteiger partial charge in [0.2, 0.25) is 5.91 Å². The van der Waals surface area contributed by atoms with E-state index in [9.17, 15) is 4.79 Å². The summed E-state index contributed by atoms with van der Waals surface area (Å²) in [6.45, 7) is 4.12. The van der Waals surface area contributed by atoms with Gasteiger partial charge in [-0.15, -0.1) is 12.4 Å². The lowest BCUT2D eigenvalue weighted by atomic mass is 9.93. The number of amides is 1. The van der Waals surface area contributed by atoms with Crippen molar-refractivity contribution in [1.29, 1.82) is 0 Å². The molecule has 0 bridgehead atoms. The molecule has 4 heteroatoms. The van der Waals surface area contributed by atoms with Crippen molar-refractivity contribution < 1.29 is 4.79 Å². The van der Waals surface area contributed by atoms with Crippen molar-refractivity contribution in [3.63, 3.8) is 0 Å². The third-order valence-corrected chi connectivity index (χ3v) is 4.13. The highest BCUT2D eigenvalue weighted by atomic mass is 35.5. The van der Waals surface area contributed by atoms with Gasteiger partial charge in [0.15, 0.2) is 0 Å². The van der Waals surface area contributed by atoms with Crippen molar-refractivity contribution >= 4 is 18.3 Å². The summed E-state index contributed by atoms with van der Waals surface area (Å²) in [6.07, 6.45) is 0.900. The number of nitrogens with two attached hydrogens (primary N) is 1. The number of benzene rings is 2. The van der Waals surface area contributed by atoms with Crippen LogP contribution >= 0.6 is 12.4 Å². The van der Waals surface area contributed by atoms with E-state index in [1.165, 1.54) is 0 Å². The van der Waals surface area contributed by atoms with Crippen molar-refractivity contribution in [2.24, 2.45) is 11.7 Å². The highest BCUT2D eigenvalue weighted by Gasteiger charge is 2.26. The summed E-state index contributed by atoms with van der Waals surface area (Å²) in [7, 11) is 0. The molecule has 0 aliphatic rings. The molecule has 0 fully saturated rings. The van der Waals surface area contributed by atoms with Crippen LogP contribution in [0, 0.1) is 5.92 Å². The molecule has 2 aromatic carbocycles. The van der Waals surface area contributed by atoms with E-state index in [0.29, 0.717) is 0 Å². The fourth-order valence-corrected chi connectivity index (χ4v) is 2.62. The van der Waals surface area contributed by atoms with Crippen molar-refractivity contribution in [2.75, 3.05) is 0 Å². The van der Waals surface area contributed by atoms with E-state index in [4.69, 9.17) is 5.73 Å². The quantitative estimate of drug-likeness (QED) is 0.812. The Labute approximate surface area is 144 Å². The Morgan fingerprint density at radius 3 is 1.78 bits per heavy atom. The monoisotopic (exact) mass is 332 g/mol. The molecule has 124 valence electrons. The Kier molecular flexibility index (Phi) is 7.79. The van der Waals surface area contributed by atoms with Crippen LogP contribution in [0.25, 0.3) is 0 Å². The molecule has 3 N–H and O–H groups in total. The molecule has 0 spiro atoms. The predicted octanol–water partition coefficient (Wildman–Crippen LogP) is 3.69. The van der Waals surface area contributed by atoms with E-state index in [-0.39, 0.29) is 36.3 Å². The molecule has 0 aromatic heterocycles. The van der Waals surface area contributed by atoms with E-state index in [1.807, 2.05) is 36.4 Å². The maximum absolute atomic E-state index is 11.9. The van der Waals surface area contributed by atoms with Crippen LogP contribution in [0.3, 0.4) is 0 Å². The first-order chi connectivity index (χ1) is 10.6. The minimum Gasteiger partial charge on any atom is -0.368 e. The van der Waals surface area contributed by atoms with Crippen LogP contribution in [0.5, 0.6) is 0 Å². The molecule has 0 unspecified atom stereocenters. The van der Waals surface area contributed by atoms with Crippen LogP contribution in [0.15, 0.2) is 60.7 Å². The first-order valence-corrected chi connectivity index (χ1v) is 7.78. The molecule has 3 nitrogen and oxygen atoms in total. The Balaban J connectivity index is 0.00000264. The zero-order chi connectivity index (χ0) is 15.9. The molecule has 2 atom stereocenters. The molecule has 0 heterocycles. The lowest BCUT2D eigenvalue weighted by Crippen LogP contribution is -2.47. The Morgan fingerprint density at radius 1 is 1.00 bits per heavy atom. The second-order valence-corrected chi connectivity index (χ2v) is 5.69. The number of primary amides is 1. The molecule has 2 rings (SSSR count). The van der Waals surface area contributed by atoms with E-state index < -0.39 is 0 Å². The number of nitrogens with one attached hydrogen (secondary N) is 1. The SMILES string of the molecule is CC[C@H](C)[C@H](NC(c1ccccc1)c1ccccc1)C(N)=O.Cl. The fourth-order valence-electron chi connectivity index (χ4n) is 2.62. The van der Waals surface area contributed by atoms with Gasteiger partial charge in [-0.25, -0.2) is 0 Å². The van der Waals surface area contributed by atoms with Crippen LogP contribution in [-0.2, 0) is 4.79 Å². The van der Waals surface area contributed by atoms with Crippen LogP contribution in [0.1, 0.15) is 37.4 Å². The smallest absolute Gasteiger partial charge is 0.234 e. The van der Waals surface area contributed by atoms with Gasteiger partial charge in [-0.05, 0) is 17.0 Å². The highest BCUT2D eigenvalue weighted by molar-refractivity contribution is 5.85. The second kappa shape index (κ2) is 9.33. The summed E-state index contributed by atoms with van der Waals surface area (Å²) in [5.74, 6) is -0.112. The van der Waals surface area contributed by atoms with Gasteiger partial charge in [0.1, 0.15) is 0 Å². The van der Waals surface area contributed by atoms with Crippen LogP contribution in [0.4, 0.5) is 0 Å². The first-order valence-electron chi connectivity index (χ1n) is 7.78. The van der Waals surface area contributed by atoms with Gasteiger partial charge in [-0.1, -0.05) is 80.9 Å². The lowest BCUT2D eigenvalue weighted by Gasteiger charge is -2.28. The maximum Gasteiger partial charge on any atom is 0.234 e. The summed E-state index contributed by atoms with van der Waals surface area (Å²) in [5, 5.41) is 3.46. The normalized spacial score (nSPS) is 13.2.